The molecule has 88 valence electrons. The van der Waals surface area contributed by atoms with E-state index >= 15 is 0 Å². The number of halogens is 2. The van der Waals surface area contributed by atoms with Gasteiger partial charge < -0.3 is 11.1 Å². The zero-order chi connectivity index (χ0) is 12.4. The van der Waals surface area contributed by atoms with Crippen molar-refractivity contribution in [3.05, 3.63) is 53.6 Å². The quantitative estimate of drug-likeness (QED) is 0.779. The molecule has 4 heteroatoms. The Morgan fingerprint density at radius 3 is 2.59 bits per heavy atom. The number of hydrogen-bond donors (Lipinski definition) is 2. The van der Waals surface area contributed by atoms with Crippen LogP contribution >= 0.6 is 0 Å². The lowest BCUT2D eigenvalue weighted by molar-refractivity contribution is 0.512. The number of hydrogen-bond acceptors (Lipinski definition) is 2. The number of nitrogens with two attached hydrogens (primary N) is 1. The van der Waals surface area contributed by atoms with Crippen molar-refractivity contribution >= 4 is 17.1 Å². The average Bonchev–Trinajstić information content (AvgIpc) is 2.30. The van der Waals surface area contributed by atoms with Gasteiger partial charge in [-0.05, 0) is 36.8 Å². The van der Waals surface area contributed by atoms with E-state index in [1.54, 1.807) is 12.1 Å². The van der Waals surface area contributed by atoms with Crippen molar-refractivity contribution in [3.8, 4) is 0 Å². The van der Waals surface area contributed by atoms with Gasteiger partial charge in [0.15, 0.2) is 11.6 Å². The lowest BCUT2D eigenvalue weighted by atomic mass is 10.1. The minimum atomic E-state index is -0.894. The Hall–Kier alpha value is -2.10. The second-order valence-electron chi connectivity index (χ2n) is 3.80. The summed E-state index contributed by atoms with van der Waals surface area (Å²) in [5, 5.41) is 2.83. The summed E-state index contributed by atoms with van der Waals surface area (Å²) >= 11 is 0. The predicted octanol–water partition coefficient (Wildman–Crippen LogP) is 3.60. The Bertz CT molecular complexity index is 553. The molecule has 0 radical (unpaired) electrons. The van der Waals surface area contributed by atoms with Crippen molar-refractivity contribution < 1.29 is 8.78 Å². The van der Waals surface area contributed by atoms with Crippen molar-refractivity contribution in [1.82, 2.24) is 0 Å². The predicted molar refractivity (Wildman–Crippen MR) is 65.2 cm³/mol. The molecule has 17 heavy (non-hydrogen) atoms. The summed E-state index contributed by atoms with van der Waals surface area (Å²) in [6.45, 7) is 1.86. The van der Waals surface area contributed by atoms with Crippen LogP contribution in [0.4, 0.5) is 25.8 Å². The molecule has 2 aromatic rings. The van der Waals surface area contributed by atoms with Crippen molar-refractivity contribution in [2.75, 3.05) is 11.1 Å². The summed E-state index contributed by atoms with van der Waals surface area (Å²) in [4.78, 5) is 0. The van der Waals surface area contributed by atoms with Crippen LogP contribution in [0.3, 0.4) is 0 Å². The van der Waals surface area contributed by atoms with Crippen LogP contribution in [0.15, 0.2) is 36.4 Å². The number of anilines is 3. The van der Waals surface area contributed by atoms with Crippen LogP contribution in [0.1, 0.15) is 5.56 Å². The maximum absolute atomic E-state index is 13.5. The van der Waals surface area contributed by atoms with Crippen LogP contribution in [-0.4, -0.2) is 0 Å². The van der Waals surface area contributed by atoms with E-state index in [0.717, 1.165) is 11.6 Å². The highest BCUT2D eigenvalue weighted by Crippen LogP contribution is 2.25. The molecule has 0 saturated heterocycles. The number of benzene rings is 2. The lowest BCUT2D eigenvalue weighted by Gasteiger charge is -2.11. The largest absolute Gasteiger partial charge is 0.399 e. The molecule has 0 aliphatic rings. The molecular weight excluding hydrogens is 222 g/mol. The molecule has 0 aromatic heterocycles. The SMILES string of the molecule is Cc1ccc(N)cc1Nc1cccc(F)c1F. The van der Waals surface area contributed by atoms with Crippen molar-refractivity contribution in [2.45, 2.75) is 6.92 Å². The highest BCUT2D eigenvalue weighted by molar-refractivity contribution is 5.67. The maximum Gasteiger partial charge on any atom is 0.182 e. The average molecular weight is 234 g/mol. The van der Waals surface area contributed by atoms with Gasteiger partial charge in [-0.15, -0.1) is 0 Å². The third-order valence-electron chi connectivity index (χ3n) is 2.48. The number of nitrogen functional groups attached to an aromatic ring is 1. The second kappa shape index (κ2) is 4.41. The Morgan fingerprint density at radius 1 is 1.06 bits per heavy atom. The number of aryl methyl sites for hydroxylation is 1. The van der Waals surface area contributed by atoms with E-state index in [-0.39, 0.29) is 5.69 Å². The Labute approximate surface area is 98.1 Å². The van der Waals surface area contributed by atoms with Crippen LogP contribution in [0.2, 0.25) is 0 Å². The van der Waals surface area contributed by atoms with Gasteiger partial charge in [-0.3, -0.25) is 0 Å². The van der Waals surface area contributed by atoms with Gasteiger partial charge in [-0.1, -0.05) is 12.1 Å². The number of nitrogens with one attached hydrogen (secondary N) is 1. The number of rotatable bonds is 2. The van der Waals surface area contributed by atoms with Gasteiger partial charge in [0.25, 0.3) is 0 Å². The van der Waals surface area contributed by atoms with Gasteiger partial charge >= 0.3 is 0 Å². The van der Waals surface area contributed by atoms with Crippen LogP contribution in [-0.2, 0) is 0 Å². The van der Waals surface area contributed by atoms with E-state index in [1.165, 1.54) is 12.1 Å². The first-order chi connectivity index (χ1) is 8.08. The molecule has 2 nitrogen and oxygen atoms in total. The lowest BCUT2D eigenvalue weighted by Crippen LogP contribution is -1.98. The van der Waals surface area contributed by atoms with E-state index in [0.29, 0.717) is 11.4 Å². The molecule has 0 heterocycles. The molecule has 0 spiro atoms. The molecule has 0 bridgehead atoms. The topological polar surface area (TPSA) is 38.0 Å². The van der Waals surface area contributed by atoms with Gasteiger partial charge in [-0.2, -0.15) is 0 Å². The first-order valence-electron chi connectivity index (χ1n) is 5.15. The molecule has 0 aliphatic carbocycles. The zero-order valence-electron chi connectivity index (χ0n) is 9.30. The minimum Gasteiger partial charge on any atom is -0.399 e. The second-order valence-corrected chi connectivity index (χ2v) is 3.80. The van der Waals surface area contributed by atoms with Crippen molar-refractivity contribution in [2.24, 2.45) is 0 Å². The van der Waals surface area contributed by atoms with Crippen LogP contribution in [0.25, 0.3) is 0 Å². The smallest absolute Gasteiger partial charge is 0.182 e. The minimum absolute atomic E-state index is 0.0960. The van der Waals surface area contributed by atoms with Crippen molar-refractivity contribution in [3.63, 3.8) is 0 Å². The first kappa shape index (κ1) is 11.4. The molecule has 0 unspecified atom stereocenters. The molecule has 0 fully saturated rings. The summed E-state index contributed by atoms with van der Waals surface area (Å²) in [5.74, 6) is -1.77. The van der Waals surface area contributed by atoms with Crippen LogP contribution in [0, 0.1) is 18.6 Å². The van der Waals surface area contributed by atoms with Crippen LogP contribution < -0.4 is 11.1 Å². The van der Waals surface area contributed by atoms with E-state index < -0.39 is 11.6 Å². The van der Waals surface area contributed by atoms with Gasteiger partial charge in [-0.25, -0.2) is 8.78 Å². The summed E-state index contributed by atoms with van der Waals surface area (Å²) in [5.41, 5.74) is 7.87. The highest BCUT2D eigenvalue weighted by atomic mass is 19.2. The van der Waals surface area contributed by atoms with E-state index in [2.05, 4.69) is 5.32 Å². The van der Waals surface area contributed by atoms with E-state index in [9.17, 15) is 8.78 Å². The molecule has 3 N–H and O–H groups in total. The Kier molecular flexibility index (Phi) is 2.95. The summed E-state index contributed by atoms with van der Waals surface area (Å²) in [6.07, 6.45) is 0. The standard InChI is InChI=1S/C13H12F2N2/c1-8-5-6-9(16)7-12(8)17-11-4-2-3-10(14)13(11)15/h2-7,17H,16H2,1H3. The molecule has 0 aliphatic heterocycles. The molecular formula is C13H12F2N2. The molecule has 0 saturated carbocycles. The third kappa shape index (κ3) is 2.36. The van der Waals surface area contributed by atoms with Gasteiger partial charge in [0, 0.05) is 11.4 Å². The van der Waals surface area contributed by atoms with Gasteiger partial charge in [0.1, 0.15) is 0 Å². The summed E-state index contributed by atoms with van der Waals surface area (Å²) < 4.78 is 26.5. The third-order valence-corrected chi connectivity index (χ3v) is 2.48. The van der Waals surface area contributed by atoms with Crippen molar-refractivity contribution in [1.29, 1.82) is 0 Å². The normalized spacial score (nSPS) is 10.3. The Morgan fingerprint density at radius 2 is 1.82 bits per heavy atom. The molecule has 0 amide bonds. The van der Waals surface area contributed by atoms with E-state index in [1.807, 2.05) is 13.0 Å². The fourth-order valence-electron chi connectivity index (χ4n) is 1.52. The summed E-state index contributed by atoms with van der Waals surface area (Å²) in [6, 6.07) is 9.24. The molecule has 2 rings (SSSR count). The fraction of sp³-hybridized carbons (Fsp3) is 0.0769. The van der Waals surface area contributed by atoms with Crippen LogP contribution in [0.5, 0.6) is 0 Å². The molecule has 0 atom stereocenters. The van der Waals surface area contributed by atoms with Gasteiger partial charge in [0.05, 0.1) is 5.69 Å². The highest BCUT2D eigenvalue weighted by Gasteiger charge is 2.08. The first-order valence-corrected chi connectivity index (χ1v) is 5.15. The zero-order valence-corrected chi connectivity index (χ0v) is 9.30. The van der Waals surface area contributed by atoms with E-state index in [4.69, 9.17) is 5.73 Å². The fourth-order valence-corrected chi connectivity index (χ4v) is 1.52. The monoisotopic (exact) mass is 234 g/mol. The molecule has 2 aromatic carbocycles. The summed E-state index contributed by atoms with van der Waals surface area (Å²) in [7, 11) is 0. The van der Waals surface area contributed by atoms with Gasteiger partial charge in [0.2, 0.25) is 0 Å². The Balaban J connectivity index is 2.38. The maximum atomic E-state index is 13.5.